The Morgan fingerprint density at radius 1 is 1.17 bits per heavy atom. The Labute approximate surface area is 172 Å². The van der Waals surface area contributed by atoms with E-state index in [0.29, 0.717) is 29.9 Å². The topological polar surface area (TPSA) is 98.7 Å². The molecule has 0 aliphatic heterocycles. The van der Waals surface area contributed by atoms with E-state index in [1.54, 1.807) is 19.1 Å². The lowest BCUT2D eigenvalue weighted by Crippen LogP contribution is -2.30. The largest absolute Gasteiger partial charge is 0.484 e. The van der Waals surface area contributed by atoms with E-state index in [1.165, 1.54) is 0 Å². The Morgan fingerprint density at radius 2 is 2.03 bits per heavy atom. The molecule has 154 valence electrons. The second-order valence-corrected chi connectivity index (χ2v) is 7.08. The molecular weight excluding hydrogens is 384 g/mol. The number of carbonyl (C=O) groups excluding carboxylic acids is 1. The quantitative estimate of drug-likeness (QED) is 0.374. The van der Waals surface area contributed by atoms with Crippen molar-refractivity contribution in [1.82, 2.24) is 19.9 Å². The molecule has 8 heteroatoms. The number of rotatable bonds is 7. The van der Waals surface area contributed by atoms with E-state index in [4.69, 9.17) is 9.15 Å². The summed E-state index contributed by atoms with van der Waals surface area (Å²) in [4.78, 5) is 23.9. The summed E-state index contributed by atoms with van der Waals surface area (Å²) >= 11 is 0. The van der Waals surface area contributed by atoms with Gasteiger partial charge in [-0.25, -0.2) is 4.79 Å². The molecule has 0 saturated heterocycles. The van der Waals surface area contributed by atoms with Crippen molar-refractivity contribution >= 4 is 22.5 Å². The van der Waals surface area contributed by atoms with Gasteiger partial charge in [-0.3, -0.25) is 9.20 Å². The molecule has 4 aromatic rings. The first-order valence-corrected chi connectivity index (χ1v) is 9.75. The summed E-state index contributed by atoms with van der Waals surface area (Å²) in [6, 6.07) is 11.0. The lowest BCUT2D eigenvalue weighted by molar-refractivity contribution is -0.123. The predicted octanol–water partition coefficient (Wildman–Crippen LogP) is 2.58. The second-order valence-electron chi connectivity index (χ2n) is 7.08. The van der Waals surface area contributed by atoms with Crippen molar-refractivity contribution in [2.24, 2.45) is 0 Å². The van der Waals surface area contributed by atoms with Gasteiger partial charge in [-0.2, -0.15) is 0 Å². The third kappa shape index (κ3) is 4.03. The Balaban J connectivity index is 1.27. The summed E-state index contributed by atoms with van der Waals surface area (Å²) in [7, 11) is 0. The van der Waals surface area contributed by atoms with E-state index in [-0.39, 0.29) is 18.1 Å². The molecule has 4 rings (SSSR count). The van der Waals surface area contributed by atoms with Crippen LogP contribution in [-0.2, 0) is 11.2 Å². The maximum atomic E-state index is 12.1. The number of hydrogen-bond donors (Lipinski definition) is 1. The van der Waals surface area contributed by atoms with Gasteiger partial charge in [0.15, 0.2) is 12.3 Å². The molecule has 1 aromatic carbocycles. The van der Waals surface area contributed by atoms with Crippen LogP contribution in [0.3, 0.4) is 0 Å². The van der Waals surface area contributed by atoms with Crippen LogP contribution in [0.1, 0.15) is 23.4 Å². The number of hydrogen-bond acceptors (Lipinski definition) is 6. The van der Waals surface area contributed by atoms with Crippen molar-refractivity contribution in [3.8, 4) is 5.75 Å². The number of nitrogens with zero attached hydrogens (tertiary/aromatic N) is 3. The molecule has 0 aliphatic carbocycles. The van der Waals surface area contributed by atoms with Crippen molar-refractivity contribution in [2.45, 2.75) is 26.7 Å². The van der Waals surface area contributed by atoms with E-state index in [1.807, 2.05) is 41.8 Å². The van der Waals surface area contributed by atoms with Crippen LogP contribution in [0.5, 0.6) is 5.75 Å². The summed E-state index contributed by atoms with van der Waals surface area (Å²) in [6.45, 7) is 4.01. The van der Waals surface area contributed by atoms with Crippen molar-refractivity contribution in [1.29, 1.82) is 0 Å². The summed E-state index contributed by atoms with van der Waals surface area (Å²) in [5.74, 6) is 1.11. The minimum absolute atomic E-state index is 0.117. The first-order chi connectivity index (χ1) is 14.5. The van der Waals surface area contributed by atoms with Crippen LogP contribution in [-0.4, -0.2) is 33.7 Å². The average Bonchev–Trinajstić information content (AvgIpc) is 3.16. The predicted molar refractivity (Wildman–Crippen MR) is 112 cm³/mol. The lowest BCUT2D eigenvalue weighted by Gasteiger charge is -2.09. The first-order valence-electron chi connectivity index (χ1n) is 9.75. The van der Waals surface area contributed by atoms with Gasteiger partial charge in [0.05, 0.1) is 0 Å². The highest BCUT2D eigenvalue weighted by molar-refractivity contribution is 5.82. The maximum absolute atomic E-state index is 12.1. The third-order valence-electron chi connectivity index (χ3n) is 5.08. The number of ether oxygens (including phenoxy) is 1. The molecule has 1 N–H and O–H groups in total. The van der Waals surface area contributed by atoms with Crippen LogP contribution in [0.25, 0.3) is 16.6 Å². The Morgan fingerprint density at radius 3 is 2.90 bits per heavy atom. The molecule has 0 aliphatic rings. The highest BCUT2D eigenvalue weighted by Crippen LogP contribution is 2.23. The standard InChI is InChI=1S/C22H22N4O4/c1-14-15(2)22(28)30-18-12-16(8-9-17(14)18)29-13-21(27)23-10-5-7-20-25-24-19-6-3-4-11-26(19)20/h3-4,6,8-9,11-12H,5,7,10,13H2,1-2H3,(H,23,27). The van der Waals surface area contributed by atoms with E-state index >= 15 is 0 Å². The first kappa shape index (κ1) is 19.6. The Hall–Kier alpha value is -3.68. The summed E-state index contributed by atoms with van der Waals surface area (Å²) in [6.07, 6.45) is 3.36. The SMILES string of the molecule is Cc1c(C)c2ccc(OCC(=O)NCCCc3nnc4ccccn34)cc2oc1=O. The van der Waals surface area contributed by atoms with Gasteiger partial charge in [-0.15, -0.1) is 10.2 Å². The molecule has 0 bridgehead atoms. The molecule has 0 unspecified atom stereocenters. The van der Waals surface area contributed by atoms with Crippen LogP contribution in [0.4, 0.5) is 0 Å². The van der Waals surface area contributed by atoms with Gasteiger partial charge in [0.25, 0.3) is 5.91 Å². The highest BCUT2D eigenvalue weighted by Gasteiger charge is 2.10. The molecule has 0 saturated carbocycles. The fourth-order valence-corrected chi connectivity index (χ4v) is 3.25. The lowest BCUT2D eigenvalue weighted by atomic mass is 10.1. The smallest absolute Gasteiger partial charge is 0.339 e. The number of benzene rings is 1. The fourth-order valence-electron chi connectivity index (χ4n) is 3.25. The summed E-state index contributed by atoms with van der Waals surface area (Å²) < 4.78 is 12.8. The van der Waals surface area contributed by atoms with Gasteiger partial charge in [0.2, 0.25) is 0 Å². The van der Waals surface area contributed by atoms with E-state index in [0.717, 1.165) is 28.8 Å². The Kier molecular flexibility index (Phi) is 5.47. The third-order valence-corrected chi connectivity index (χ3v) is 5.08. The number of aromatic nitrogens is 3. The Bertz CT molecular complexity index is 1280. The fraction of sp³-hybridized carbons (Fsp3) is 0.273. The highest BCUT2D eigenvalue weighted by atomic mass is 16.5. The van der Waals surface area contributed by atoms with E-state index < -0.39 is 0 Å². The van der Waals surface area contributed by atoms with Gasteiger partial charge in [-0.1, -0.05) is 6.07 Å². The van der Waals surface area contributed by atoms with Crippen molar-refractivity contribution in [3.05, 3.63) is 70.0 Å². The molecule has 0 radical (unpaired) electrons. The number of aryl methyl sites for hydroxylation is 2. The molecule has 0 spiro atoms. The van der Waals surface area contributed by atoms with Gasteiger partial charge in [0, 0.05) is 36.2 Å². The van der Waals surface area contributed by atoms with Crippen molar-refractivity contribution in [3.63, 3.8) is 0 Å². The van der Waals surface area contributed by atoms with Gasteiger partial charge < -0.3 is 14.5 Å². The number of amides is 1. The number of carbonyl (C=O) groups is 1. The zero-order valence-electron chi connectivity index (χ0n) is 16.8. The van der Waals surface area contributed by atoms with Crippen LogP contribution in [0, 0.1) is 13.8 Å². The van der Waals surface area contributed by atoms with Gasteiger partial charge in [-0.05, 0) is 50.1 Å². The van der Waals surface area contributed by atoms with Crippen LogP contribution < -0.4 is 15.7 Å². The summed E-state index contributed by atoms with van der Waals surface area (Å²) in [5.41, 5.74) is 2.36. The van der Waals surface area contributed by atoms with Crippen molar-refractivity contribution in [2.75, 3.05) is 13.2 Å². The molecule has 1 amide bonds. The van der Waals surface area contributed by atoms with Crippen LogP contribution in [0.15, 0.2) is 51.8 Å². The van der Waals surface area contributed by atoms with E-state index in [9.17, 15) is 9.59 Å². The molecule has 30 heavy (non-hydrogen) atoms. The minimum atomic E-state index is -0.365. The average molecular weight is 406 g/mol. The normalized spacial score (nSPS) is 11.1. The van der Waals surface area contributed by atoms with Gasteiger partial charge in [0.1, 0.15) is 17.2 Å². The molecule has 8 nitrogen and oxygen atoms in total. The van der Waals surface area contributed by atoms with Gasteiger partial charge >= 0.3 is 5.63 Å². The minimum Gasteiger partial charge on any atom is -0.484 e. The van der Waals surface area contributed by atoms with Crippen molar-refractivity contribution < 1.29 is 13.9 Å². The molecule has 0 fully saturated rings. The number of pyridine rings is 1. The molecular formula is C22H22N4O4. The maximum Gasteiger partial charge on any atom is 0.339 e. The molecule has 3 heterocycles. The molecule has 0 atom stereocenters. The number of nitrogens with one attached hydrogen (secondary N) is 1. The zero-order chi connectivity index (χ0) is 21.1. The van der Waals surface area contributed by atoms with E-state index in [2.05, 4.69) is 15.5 Å². The monoisotopic (exact) mass is 406 g/mol. The van der Waals surface area contributed by atoms with Crippen LogP contribution in [0.2, 0.25) is 0 Å². The second kappa shape index (κ2) is 8.36. The zero-order valence-corrected chi connectivity index (χ0v) is 16.8. The van der Waals surface area contributed by atoms with Crippen LogP contribution >= 0.6 is 0 Å². The molecule has 3 aromatic heterocycles. The number of fused-ring (bicyclic) bond motifs is 2. The summed E-state index contributed by atoms with van der Waals surface area (Å²) in [5, 5.41) is 12.0.